The third-order valence-corrected chi connectivity index (χ3v) is 6.28. The van der Waals surface area contributed by atoms with E-state index in [1.54, 1.807) is 23.9 Å². The van der Waals surface area contributed by atoms with E-state index in [-0.39, 0.29) is 23.5 Å². The number of thioether (sulfide) groups is 1. The fourth-order valence-corrected chi connectivity index (χ4v) is 4.42. The molecule has 0 fully saturated rings. The van der Waals surface area contributed by atoms with Crippen molar-refractivity contribution in [2.24, 2.45) is 0 Å². The minimum absolute atomic E-state index is 0.125. The summed E-state index contributed by atoms with van der Waals surface area (Å²) in [6.45, 7) is 0. The summed E-state index contributed by atoms with van der Waals surface area (Å²) in [6, 6.07) is 16.9. The standard InChI is InChI=1S/C21H18FN5O2S2/c1-29-17-10-8-16(9-11-17)27-21(24-25-26-27)31-13-19(28)23-20(18-3-2-12-30-18)14-4-6-15(22)7-5-14/h2-12,20H,13H2,1H3,(H,23,28)/t20-/m1/s1. The molecule has 0 radical (unpaired) electrons. The summed E-state index contributed by atoms with van der Waals surface area (Å²) in [7, 11) is 1.60. The van der Waals surface area contributed by atoms with Crippen LogP contribution in [0.4, 0.5) is 4.39 Å². The van der Waals surface area contributed by atoms with Crippen molar-refractivity contribution >= 4 is 29.0 Å². The molecule has 1 atom stereocenters. The maximum atomic E-state index is 13.3. The fraction of sp³-hybridized carbons (Fsp3) is 0.143. The lowest BCUT2D eigenvalue weighted by Crippen LogP contribution is -2.30. The SMILES string of the molecule is COc1ccc(-n2nnnc2SCC(=O)N[C@H](c2ccc(F)cc2)c2cccs2)cc1. The second-order valence-corrected chi connectivity index (χ2v) is 8.35. The average molecular weight is 456 g/mol. The topological polar surface area (TPSA) is 81.9 Å². The third kappa shape index (κ3) is 5.09. The average Bonchev–Trinajstić information content (AvgIpc) is 3.49. The number of hydrogen-bond donors (Lipinski definition) is 1. The number of nitrogens with one attached hydrogen (secondary N) is 1. The molecule has 0 aliphatic rings. The maximum absolute atomic E-state index is 13.3. The molecule has 0 saturated carbocycles. The first-order valence-corrected chi connectivity index (χ1v) is 11.1. The van der Waals surface area contributed by atoms with E-state index in [1.807, 2.05) is 41.8 Å². The molecule has 0 spiro atoms. The van der Waals surface area contributed by atoms with Crippen molar-refractivity contribution in [1.29, 1.82) is 0 Å². The van der Waals surface area contributed by atoms with Gasteiger partial charge in [-0.15, -0.1) is 16.4 Å². The van der Waals surface area contributed by atoms with Gasteiger partial charge in [0.15, 0.2) is 0 Å². The third-order valence-electron chi connectivity index (χ3n) is 4.43. The van der Waals surface area contributed by atoms with E-state index in [2.05, 4.69) is 20.8 Å². The summed E-state index contributed by atoms with van der Waals surface area (Å²) in [5.74, 6) is 0.350. The quantitative estimate of drug-likeness (QED) is 0.406. The normalized spacial score (nSPS) is 11.8. The van der Waals surface area contributed by atoms with Gasteiger partial charge < -0.3 is 10.1 Å². The highest BCUT2D eigenvalue weighted by Gasteiger charge is 2.19. The van der Waals surface area contributed by atoms with Crippen molar-refractivity contribution in [1.82, 2.24) is 25.5 Å². The van der Waals surface area contributed by atoms with E-state index < -0.39 is 0 Å². The van der Waals surface area contributed by atoms with Gasteiger partial charge in [-0.3, -0.25) is 4.79 Å². The summed E-state index contributed by atoms with van der Waals surface area (Å²) in [5, 5.41) is 17.2. The number of benzene rings is 2. The van der Waals surface area contributed by atoms with E-state index in [1.165, 1.54) is 35.2 Å². The van der Waals surface area contributed by atoms with Crippen LogP contribution in [0.15, 0.2) is 71.2 Å². The van der Waals surface area contributed by atoms with E-state index in [9.17, 15) is 9.18 Å². The van der Waals surface area contributed by atoms with E-state index in [4.69, 9.17) is 4.74 Å². The van der Waals surface area contributed by atoms with E-state index in [0.717, 1.165) is 21.9 Å². The number of tetrazole rings is 1. The van der Waals surface area contributed by atoms with Crippen LogP contribution in [0.1, 0.15) is 16.5 Å². The van der Waals surface area contributed by atoms with Crippen LogP contribution < -0.4 is 10.1 Å². The van der Waals surface area contributed by atoms with Gasteiger partial charge in [-0.1, -0.05) is 30.0 Å². The van der Waals surface area contributed by atoms with Gasteiger partial charge in [0, 0.05) is 4.88 Å². The molecule has 10 heteroatoms. The second-order valence-electron chi connectivity index (χ2n) is 6.43. The minimum atomic E-state index is -0.355. The van der Waals surface area contributed by atoms with E-state index >= 15 is 0 Å². The Morgan fingerprint density at radius 3 is 2.65 bits per heavy atom. The zero-order valence-electron chi connectivity index (χ0n) is 16.4. The predicted molar refractivity (Wildman–Crippen MR) is 117 cm³/mol. The number of nitrogens with zero attached hydrogens (tertiary/aromatic N) is 4. The van der Waals surface area contributed by atoms with Gasteiger partial charge in [0.1, 0.15) is 11.6 Å². The Bertz CT molecular complexity index is 1130. The lowest BCUT2D eigenvalue weighted by molar-refractivity contribution is -0.119. The Balaban J connectivity index is 1.45. The summed E-state index contributed by atoms with van der Waals surface area (Å²) >= 11 is 2.76. The summed E-state index contributed by atoms with van der Waals surface area (Å²) < 4.78 is 20.1. The lowest BCUT2D eigenvalue weighted by Gasteiger charge is -2.18. The van der Waals surface area contributed by atoms with Gasteiger partial charge >= 0.3 is 0 Å². The molecule has 0 aliphatic carbocycles. The van der Waals surface area contributed by atoms with Gasteiger partial charge in [-0.2, -0.15) is 4.68 Å². The Labute approximate surface area is 186 Å². The number of ether oxygens (including phenoxy) is 1. The predicted octanol–water partition coefficient (Wildman–Crippen LogP) is 3.87. The Morgan fingerprint density at radius 1 is 1.19 bits per heavy atom. The van der Waals surface area contributed by atoms with Gasteiger partial charge in [0.05, 0.1) is 24.6 Å². The van der Waals surface area contributed by atoms with Gasteiger partial charge in [0.25, 0.3) is 0 Å². The molecule has 4 aromatic rings. The van der Waals surface area contributed by atoms with E-state index in [0.29, 0.717) is 5.16 Å². The molecule has 0 unspecified atom stereocenters. The highest BCUT2D eigenvalue weighted by Crippen LogP contribution is 2.27. The van der Waals surface area contributed by atoms with Crippen molar-refractivity contribution < 1.29 is 13.9 Å². The number of carbonyl (C=O) groups excluding carboxylic acids is 1. The summed E-state index contributed by atoms with van der Waals surface area (Å²) in [4.78, 5) is 13.7. The Hall–Kier alpha value is -3.24. The molecule has 2 aromatic heterocycles. The van der Waals surface area contributed by atoms with Crippen LogP contribution in [0.25, 0.3) is 5.69 Å². The van der Waals surface area contributed by atoms with Crippen molar-refractivity contribution in [3.8, 4) is 11.4 Å². The van der Waals surface area contributed by atoms with Gasteiger partial charge in [-0.25, -0.2) is 4.39 Å². The number of amides is 1. The Morgan fingerprint density at radius 2 is 1.97 bits per heavy atom. The molecule has 2 heterocycles. The minimum Gasteiger partial charge on any atom is -0.497 e. The van der Waals surface area contributed by atoms with Crippen LogP contribution >= 0.6 is 23.1 Å². The number of aromatic nitrogens is 4. The molecule has 0 bridgehead atoms. The number of rotatable bonds is 8. The molecule has 0 saturated heterocycles. The molecule has 31 heavy (non-hydrogen) atoms. The zero-order chi connectivity index (χ0) is 21.6. The van der Waals surface area contributed by atoms with Crippen molar-refractivity contribution in [3.05, 3.63) is 82.3 Å². The van der Waals surface area contributed by atoms with Crippen molar-refractivity contribution in [3.63, 3.8) is 0 Å². The molecule has 1 N–H and O–H groups in total. The van der Waals surface area contributed by atoms with Crippen LogP contribution in [0.5, 0.6) is 5.75 Å². The Kier molecular flexibility index (Phi) is 6.58. The summed E-state index contributed by atoms with van der Waals surface area (Å²) in [5.41, 5.74) is 1.57. The smallest absolute Gasteiger partial charge is 0.231 e. The van der Waals surface area contributed by atoms with Gasteiger partial charge in [0.2, 0.25) is 11.1 Å². The van der Waals surface area contributed by atoms with Crippen LogP contribution in [0, 0.1) is 5.82 Å². The molecule has 0 aliphatic heterocycles. The molecule has 1 amide bonds. The van der Waals surface area contributed by atoms with Crippen molar-refractivity contribution in [2.45, 2.75) is 11.2 Å². The number of halogens is 1. The second kappa shape index (κ2) is 9.71. The highest BCUT2D eigenvalue weighted by molar-refractivity contribution is 7.99. The molecular formula is C21H18FN5O2S2. The highest BCUT2D eigenvalue weighted by atomic mass is 32.2. The fourth-order valence-electron chi connectivity index (χ4n) is 2.92. The molecule has 7 nitrogen and oxygen atoms in total. The molecule has 2 aromatic carbocycles. The first kappa shape index (κ1) is 21.0. The maximum Gasteiger partial charge on any atom is 0.231 e. The van der Waals surface area contributed by atoms with Crippen molar-refractivity contribution in [2.75, 3.05) is 12.9 Å². The molecule has 4 rings (SSSR count). The lowest BCUT2D eigenvalue weighted by atomic mass is 10.1. The largest absolute Gasteiger partial charge is 0.497 e. The zero-order valence-corrected chi connectivity index (χ0v) is 18.1. The number of thiophene rings is 1. The van der Waals surface area contributed by atoms with Crippen LogP contribution in [0.3, 0.4) is 0 Å². The summed E-state index contributed by atoms with van der Waals surface area (Å²) in [6.07, 6.45) is 0. The number of carbonyl (C=O) groups is 1. The van der Waals surface area contributed by atoms with Crippen LogP contribution in [-0.4, -0.2) is 39.0 Å². The first-order chi connectivity index (χ1) is 15.1. The van der Waals surface area contributed by atoms with Crippen LogP contribution in [0.2, 0.25) is 0 Å². The monoisotopic (exact) mass is 455 g/mol. The number of methoxy groups -OCH3 is 1. The molecule has 158 valence electrons. The number of hydrogen-bond acceptors (Lipinski definition) is 7. The molecular weight excluding hydrogens is 437 g/mol. The first-order valence-electron chi connectivity index (χ1n) is 9.28. The van der Waals surface area contributed by atoms with Crippen LogP contribution in [-0.2, 0) is 4.79 Å². The van der Waals surface area contributed by atoms with Gasteiger partial charge in [-0.05, 0) is 63.8 Å².